The molecule has 0 radical (unpaired) electrons. The fraction of sp³-hybridized carbons (Fsp3) is 0.786. The van der Waals surface area contributed by atoms with E-state index in [-0.39, 0.29) is 5.91 Å². The lowest BCUT2D eigenvalue weighted by Crippen LogP contribution is -2.48. The summed E-state index contributed by atoms with van der Waals surface area (Å²) in [6, 6.07) is 0.492. The molecule has 1 saturated heterocycles. The van der Waals surface area contributed by atoms with Crippen LogP contribution in [0, 0.1) is 0 Å². The van der Waals surface area contributed by atoms with Gasteiger partial charge in [0, 0.05) is 25.7 Å². The molecule has 1 rings (SSSR count). The first-order valence-corrected chi connectivity index (χ1v) is 6.87. The summed E-state index contributed by atoms with van der Waals surface area (Å²) in [5, 5.41) is 3.38. The van der Waals surface area contributed by atoms with Crippen molar-refractivity contribution in [2.45, 2.75) is 32.7 Å². The minimum absolute atomic E-state index is 0.202. The molecule has 1 aliphatic rings. The van der Waals surface area contributed by atoms with Crippen molar-refractivity contribution in [1.29, 1.82) is 0 Å². The van der Waals surface area contributed by atoms with E-state index in [1.165, 1.54) is 12.8 Å². The highest BCUT2D eigenvalue weighted by atomic mass is 16.2. The lowest BCUT2D eigenvalue weighted by Gasteiger charge is -2.32. The molecular formula is C14H27N3O. The van der Waals surface area contributed by atoms with E-state index in [9.17, 15) is 4.79 Å². The van der Waals surface area contributed by atoms with Gasteiger partial charge in [-0.1, -0.05) is 12.2 Å². The van der Waals surface area contributed by atoms with E-state index in [2.05, 4.69) is 16.8 Å². The standard InChI is InChI=1S/C14H27N3O/c1-5-17(10-12(2)3)14(18)11-16(4)13-7-6-8-15-9-13/h13,15H,2,5-11H2,1,3-4H3. The average Bonchev–Trinajstić information content (AvgIpc) is 2.36. The summed E-state index contributed by atoms with van der Waals surface area (Å²) in [5.41, 5.74) is 1.03. The zero-order valence-corrected chi connectivity index (χ0v) is 12.0. The molecular weight excluding hydrogens is 226 g/mol. The maximum Gasteiger partial charge on any atom is 0.237 e. The molecule has 0 aliphatic carbocycles. The molecule has 1 atom stereocenters. The van der Waals surface area contributed by atoms with Gasteiger partial charge in [0.05, 0.1) is 6.54 Å². The molecule has 4 nitrogen and oxygen atoms in total. The highest BCUT2D eigenvalue weighted by Gasteiger charge is 2.21. The summed E-state index contributed by atoms with van der Waals surface area (Å²) < 4.78 is 0. The first kappa shape index (κ1) is 15.2. The highest BCUT2D eigenvalue weighted by Crippen LogP contribution is 2.09. The number of hydrogen-bond donors (Lipinski definition) is 1. The van der Waals surface area contributed by atoms with Crippen LogP contribution in [0.15, 0.2) is 12.2 Å². The van der Waals surface area contributed by atoms with Crippen molar-refractivity contribution in [3.05, 3.63) is 12.2 Å². The Morgan fingerprint density at radius 2 is 2.17 bits per heavy atom. The minimum atomic E-state index is 0.202. The van der Waals surface area contributed by atoms with Crippen LogP contribution in [-0.2, 0) is 4.79 Å². The highest BCUT2D eigenvalue weighted by molar-refractivity contribution is 5.78. The smallest absolute Gasteiger partial charge is 0.237 e. The largest absolute Gasteiger partial charge is 0.338 e. The number of piperidine rings is 1. The summed E-state index contributed by atoms with van der Waals surface area (Å²) in [5.74, 6) is 0.202. The predicted octanol–water partition coefficient (Wildman–Crippen LogP) is 1.09. The van der Waals surface area contributed by atoms with Gasteiger partial charge < -0.3 is 10.2 Å². The number of carbonyl (C=O) groups excluding carboxylic acids is 1. The fourth-order valence-corrected chi connectivity index (χ4v) is 2.35. The van der Waals surface area contributed by atoms with Crippen LogP contribution in [0.5, 0.6) is 0 Å². The van der Waals surface area contributed by atoms with Crippen LogP contribution in [0.3, 0.4) is 0 Å². The molecule has 1 amide bonds. The Morgan fingerprint density at radius 3 is 2.67 bits per heavy atom. The van der Waals surface area contributed by atoms with Crippen LogP contribution < -0.4 is 5.32 Å². The second-order valence-corrected chi connectivity index (χ2v) is 5.28. The van der Waals surface area contributed by atoms with E-state index in [0.717, 1.165) is 25.2 Å². The van der Waals surface area contributed by atoms with Crippen molar-refractivity contribution in [2.24, 2.45) is 0 Å². The molecule has 104 valence electrons. The quantitative estimate of drug-likeness (QED) is 0.720. The number of rotatable bonds is 6. The lowest BCUT2D eigenvalue weighted by atomic mass is 10.1. The monoisotopic (exact) mass is 253 g/mol. The zero-order valence-electron chi connectivity index (χ0n) is 12.0. The molecule has 1 fully saturated rings. The summed E-state index contributed by atoms with van der Waals surface area (Å²) in [6.07, 6.45) is 2.38. The first-order chi connectivity index (χ1) is 8.54. The summed E-state index contributed by atoms with van der Waals surface area (Å²) in [7, 11) is 2.05. The van der Waals surface area contributed by atoms with Crippen LogP contribution in [0.25, 0.3) is 0 Å². The third-order valence-electron chi connectivity index (χ3n) is 3.47. The van der Waals surface area contributed by atoms with Gasteiger partial charge in [-0.15, -0.1) is 0 Å². The number of nitrogens with one attached hydrogen (secondary N) is 1. The lowest BCUT2D eigenvalue weighted by molar-refractivity contribution is -0.132. The van der Waals surface area contributed by atoms with Crippen molar-refractivity contribution in [3.8, 4) is 0 Å². The molecule has 0 aromatic carbocycles. The van der Waals surface area contributed by atoms with Crippen LogP contribution in [0.1, 0.15) is 26.7 Å². The van der Waals surface area contributed by atoms with Crippen molar-refractivity contribution < 1.29 is 4.79 Å². The second kappa shape index (κ2) is 7.54. The molecule has 4 heteroatoms. The molecule has 1 aliphatic heterocycles. The molecule has 1 heterocycles. The van der Waals surface area contributed by atoms with E-state index in [0.29, 0.717) is 19.1 Å². The number of amides is 1. The second-order valence-electron chi connectivity index (χ2n) is 5.28. The first-order valence-electron chi connectivity index (χ1n) is 6.87. The van der Waals surface area contributed by atoms with Crippen LogP contribution >= 0.6 is 0 Å². The Morgan fingerprint density at radius 1 is 1.44 bits per heavy atom. The van der Waals surface area contributed by atoms with Crippen LogP contribution in [0.2, 0.25) is 0 Å². The fourth-order valence-electron chi connectivity index (χ4n) is 2.35. The van der Waals surface area contributed by atoms with Gasteiger partial charge in [-0.3, -0.25) is 9.69 Å². The summed E-state index contributed by atoms with van der Waals surface area (Å²) in [6.45, 7) is 11.9. The van der Waals surface area contributed by atoms with Gasteiger partial charge in [0.2, 0.25) is 5.91 Å². The Hall–Kier alpha value is -0.870. The molecule has 0 aromatic rings. The maximum atomic E-state index is 12.2. The topological polar surface area (TPSA) is 35.6 Å². The molecule has 0 spiro atoms. The van der Waals surface area contributed by atoms with Crippen molar-refractivity contribution in [3.63, 3.8) is 0 Å². The number of nitrogens with zero attached hydrogens (tertiary/aromatic N) is 2. The van der Waals surface area contributed by atoms with Gasteiger partial charge in [-0.05, 0) is 40.3 Å². The van der Waals surface area contributed by atoms with E-state index in [1.54, 1.807) is 0 Å². The third kappa shape index (κ3) is 4.78. The van der Waals surface area contributed by atoms with E-state index >= 15 is 0 Å². The van der Waals surface area contributed by atoms with Gasteiger partial charge in [0.25, 0.3) is 0 Å². The van der Waals surface area contributed by atoms with Crippen molar-refractivity contribution in [1.82, 2.24) is 15.1 Å². The van der Waals surface area contributed by atoms with Gasteiger partial charge >= 0.3 is 0 Å². The normalized spacial score (nSPS) is 19.9. The van der Waals surface area contributed by atoms with Gasteiger partial charge in [0.1, 0.15) is 0 Å². The zero-order chi connectivity index (χ0) is 13.5. The summed E-state index contributed by atoms with van der Waals surface area (Å²) in [4.78, 5) is 16.2. The van der Waals surface area contributed by atoms with E-state index < -0.39 is 0 Å². The van der Waals surface area contributed by atoms with Crippen molar-refractivity contribution >= 4 is 5.91 Å². The van der Waals surface area contributed by atoms with E-state index in [4.69, 9.17) is 0 Å². The predicted molar refractivity (Wildman–Crippen MR) is 75.6 cm³/mol. The SMILES string of the molecule is C=C(C)CN(CC)C(=O)CN(C)C1CCCNC1. The summed E-state index contributed by atoms with van der Waals surface area (Å²) >= 11 is 0. The molecule has 1 N–H and O–H groups in total. The van der Waals surface area contributed by atoms with Crippen molar-refractivity contribution in [2.75, 3.05) is 39.8 Å². The van der Waals surface area contributed by atoms with Gasteiger partial charge in [-0.25, -0.2) is 0 Å². The Labute approximate surface area is 111 Å². The third-order valence-corrected chi connectivity index (χ3v) is 3.47. The molecule has 0 aromatic heterocycles. The molecule has 0 saturated carbocycles. The average molecular weight is 253 g/mol. The van der Waals surface area contributed by atoms with Crippen LogP contribution in [-0.4, -0.2) is 61.5 Å². The number of carbonyl (C=O) groups is 1. The molecule has 18 heavy (non-hydrogen) atoms. The molecule has 0 bridgehead atoms. The Kier molecular flexibility index (Phi) is 6.36. The van der Waals surface area contributed by atoms with Gasteiger partial charge in [-0.2, -0.15) is 0 Å². The minimum Gasteiger partial charge on any atom is -0.338 e. The number of hydrogen-bond acceptors (Lipinski definition) is 3. The Bertz CT molecular complexity index is 285. The Balaban J connectivity index is 2.43. The van der Waals surface area contributed by atoms with E-state index in [1.807, 2.05) is 25.8 Å². The van der Waals surface area contributed by atoms with Crippen LogP contribution in [0.4, 0.5) is 0 Å². The maximum absolute atomic E-state index is 12.2. The molecule has 1 unspecified atom stereocenters. The van der Waals surface area contributed by atoms with Gasteiger partial charge in [0.15, 0.2) is 0 Å². The number of likely N-dealkylation sites (N-methyl/N-ethyl adjacent to an activating group) is 2.